The third-order valence-electron chi connectivity index (χ3n) is 3.66. The molecule has 3 aromatic rings. The van der Waals surface area contributed by atoms with Crippen LogP contribution in [0.25, 0.3) is 0 Å². The summed E-state index contributed by atoms with van der Waals surface area (Å²) < 4.78 is 19.9. The standard InChI is InChI=1S/C19H17ClFN3O2/c20-18-4-2-1-3-14(18)12-24-13-15(11-23-24)19(25)22-9-10-26-17-7-5-16(21)6-8-17/h1-8,11,13H,9-10,12H2,(H,22,25). The fourth-order valence-corrected chi connectivity index (χ4v) is 2.53. The molecule has 26 heavy (non-hydrogen) atoms. The highest BCUT2D eigenvalue weighted by Crippen LogP contribution is 2.16. The van der Waals surface area contributed by atoms with Crippen LogP contribution in [0.5, 0.6) is 5.75 Å². The molecule has 1 aromatic heterocycles. The summed E-state index contributed by atoms with van der Waals surface area (Å²) in [6.45, 7) is 1.09. The van der Waals surface area contributed by atoms with Gasteiger partial charge in [0.1, 0.15) is 18.2 Å². The van der Waals surface area contributed by atoms with Crippen LogP contribution < -0.4 is 10.1 Å². The number of benzene rings is 2. The molecule has 134 valence electrons. The molecule has 0 saturated heterocycles. The van der Waals surface area contributed by atoms with Gasteiger partial charge in [-0.3, -0.25) is 9.48 Å². The van der Waals surface area contributed by atoms with Crippen LogP contribution in [0.1, 0.15) is 15.9 Å². The molecule has 0 bridgehead atoms. The Morgan fingerprint density at radius 1 is 1.19 bits per heavy atom. The van der Waals surface area contributed by atoms with Crippen molar-refractivity contribution in [1.29, 1.82) is 0 Å². The highest BCUT2D eigenvalue weighted by molar-refractivity contribution is 6.31. The van der Waals surface area contributed by atoms with Gasteiger partial charge in [0.15, 0.2) is 0 Å². The number of hydrogen-bond donors (Lipinski definition) is 1. The molecule has 0 unspecified atom stereocenters. The summed E-state index contributed by atoms with van der Waals surface area (Å²) >= 11 is 6.13. The highest BCUT2D eigenvalue weighted by atomic mass is 35.5. The first-order valence-corrected chi connectivity index (χ1v) is 8.42. The van der Waals surface area contributed by atoms with Crippen LogP contribution in [-0.2, 0) is 6.54 Å². The minimum absolute atomic E-state index is 0.238. The molecule has 0 aliphatic rings. The highest BCUT2D eigenvalue weighted by Gasteiger charge is 2.09. The van der Waals surface area contributed by atoms with Crippen molar-refractivity contribution < 1.29 is 13.9 Å². The van der Waals surface area contributed by atoms with Gasteiger partial charge in [-0.2, -0.15) is 5.10 Å². The van der Waals surface area contributed by atoms with Crippen molar-refractivity contribution >= 4 is 17.5 Å². The Morgan fingerprint density at radius 3 is 2.73 bits per heavy atom. The maximum atomic E-state index is 12.8. The average Bonchev–Trinajstić information content (AvgIpc) is 3.11. The Bertz CT molecular complexity index is 881. The van der Waals surface area contributed by atoms with E-state index in [1.807, 2.05) is 24.3 Å². The molecule has 0 fully saturated rings. The minimum Gasteiger partial charge on any atom is -0.492 e. The predicted molar refractivity (Wildman–Crippen MR) is 97.0 cm³/mol. The van der Waals surface area contributed by atoms with Crippen LogP contribution in [0.2, 0.25) is 5.02 Å². The predicted octanol–water partition coefficient (Wildman–Crippen LogP) is 3.53. The zero-order valence-corrected chi connectivity index (χ0v) is 14.6. The van der Waals surface area contributed by atoms with Crippen molar-refractivity contribution in [3.05, 3.63) is 82.9 Å². The van der Waals surface area contributed by atoms with E-state index in [1.54, 1.807) is 10.9 Å². The quantitative estimate of drug-likeness (QED) is 0.644. The maximum Gasteiger partial charge on any atom is 0.254 e. The summed E-state index contributed by atoms with van der Waals surface area (Å²) in [4.78, 5) is 12.1. The van der Waals surface area contributed by atoms with Crippen molar-refractivity contribution in [2.75, 3.05) is 13.2 Å². The topological polar surface area (TPSA) is 56.1 Å². The van der Waals surface area contributed by atoms with Crippen LogP contribution >= 0.6 is 11.6 Å². The normalized spacial score (nSPS) is 10.5. The Balaban J connectivity index is 1.47. The lowest BCUT2D eigenvalue weighted by Gasteiger charge is -2.07. The number of halogens is 2. The summed E-state index contributed by atoms with van der Waals surface area (Å²) in [5.41, 5.74) is 1.38. The van der Waals surface area contributed by atoms with E-state index in [4.69, 9.17) is 16.3 Å². The number of ether oxygens (including phenoxy) is 1. The van der Waals surface area contributed by atoms with E-state index in [9.17, 15) is 9.18 Å². The Kier molecular flexibility index (Phi) is 5.86. The molecule has 0 atom stereocenters. The zero-order valence-electron chi connectivity index (χ0n) is 13.9. The average molecular weight is 374 g/mol. The lowest BCUT2D eigenvalue weighted by atomic mass is 10.2. The lowest BCUT2D eigenvalue weighted by molar-refractivity contribution is 0.0947. The van der Waals surface area contributed by atoms with E-state index in [0.29, 0.717) is 29.4 Å². The number of amides is 1. The molecule has 2 aromatic carbocycles. The van der Waals surface area contributed by atoms with Crippen LogP contribution in [0.4, 0.5) is 4.39 Å². The van der Waals surface area contributed by atoms with Gasteiger partial charge < -0.3 is 10.1 Å². The van der Waals surface area contributed by atoms with Crippen molar-refractivity contribution in [3.8, 4) is 5.75 Å². The molecule has 1 N–H and O–H groups in total. The van der Waals surface area contributed by atoms with Crippen LogP contribution in [0.15, 0.2) is 60.9 Å². The fourth-order valence-electron chi connectivity index (χ4n) is 2.33. The molecular formula is C19H17ClFN3O2. The van der Waals surface area contributed by atoms with Gasteiger partial charge in [-0.1, -0.05) is 29.8 Å². The van der Waals surface area contributed by atoms with Gasteiger partial charge in [-0.15, -0.1) is 0 Å². The molecule has 1 heterocycles. The van der Waals surface area contributed by atoms with Gasteiger partial charge in [0.25, 0.3) is 5.91 Å². The van der Waals surface area contributed by atoms with E-state index in [2.05, 4.69) is 10.4 Å². The van der Waals surface area contributed by atoms with Gasteiger partial charge in [0, 0.05) is 11.2 Å². The molecular weight excluding hydrogens is 357 g/mol. The van der Waals surface area contributed by atoms with Crippen molar-refractivity contribution in [3.63, 3.8) is 0 Å². The van der Waals surface area contributed by atoms with Crippen molar-refractivity contribution in [2.45, 2.75) is 6.54 Å². The third-order valence-corrected chi connectivity index (χ3v) is 4.02. The van der Waals surface area contributed by atoms with E-state index in [1.165, 1.54) is 30.5 Å². The fraction of sp³-hybridized carbons (Fsp3) is 0.158. The van der Waals surface area contributed by atoms with Crippen LogP contribution in [0.3, 0.4) is 0 Å². The first-order valence-electron chi connectivity index (χ1n) is 8.04. The maximum absolute atomic E-state index is 12.8. The molecule has 3 rings (SSSR count). The number of hydrogen-bond acceptors (Lipinski definition) is 3. The molecule has 0 radical (unpaired) electrons. The molecule has 5 nitrogen and oxygen atoms in total. The Labute approximate surface area is 155 Å². The second kappa shape index (κ2) is 8.49. The molecule has 0 saturated carbocycles. The smallest absolute Gasteiger partial charge is 0.254 e. The van der Waals surface area contributed by atoms with Crippen LogP contribution in [-0.4, -0.2) is 28.8 Å². The summed E-state index contributed by atoms with van der Waals surface area (Å²) in [5.74, 6) is -0.00854. The van der Waals surface area contributed by atoms with Crippen molar-refractivity contribution in [1.82, 2.24) is 15.1 Å². The SMILES string of the molecule is O=C(NCCOc1ccc(F)cc1)c1cnn(Cc2ccccc2Cl)c1. The van der Waals surface area contributed by atoms with E-state index in [0.717, 1.165) is 5.56 Å². The van der Waals surface area contributed by atoms with Gasteiger partial charge >= 0.3 is 0 Å². The summed E-state index contributed by atoms with van der Waals surface area (Å²) in [6, 6.07) is 13.2. The number of carbonyl (C=O) groups excluding carboxylic acids is 1. The second-order valence-corrected chi connectivity index (χ2v) is 5.98. The van der Waals surface area contributed by atoms with E-state index in [-0.39, 0.29) is 18.3 Å². The minimum atomic E-state index is -0.320. The molecule has 0 aliphatic heterocycles. The van der Waals surface area contributed by atoms with Crippen LogP contribution in [0, 0.1) is 5.82 Å². The van der Waals surface area contributed by atoms with Gasteiger partial charge in [-0.05, 0) is 35.9 Å². The lowest BCUT2D eigenvalue weighted by Crippen LogP contribution is -2.27. The third kappa shape index (κ3) is 4.83. The number of aromatic nitrogens is 2. The summed E-state index contributed by atoms with van der Waals surface area (Å²) in [7, 11) is 0. The largest absolute Gasteiger partial charge is 0.492 e. The first-order chi connectivity index (χ1) is 12.6. The van der Waals surface area contributed by atoms with E-state index >= 15 is 0 Å². The van der Waals surface area contributed by atoms with E-state index < -0.39 is 0 Å². The molecule has 7 heteroatoms. The Hall–Kier alpha value is -2.86. The van der Waals surface area contributed by atoms with Gasteiger partial charge in [0.05, 0.1) is 24.8 Å². The zero-order chi connectivity index (χ0) is 18.4. The monoisotopic (exact) mass is 373 g/mol. The first kappa shape index (κ1) is 17.9. The summed E-state index contributed by atoms with van der Waals surface area (Å²) in [6.07, 6.45) is 3.17. The molecule has 1 amide bonds. The number of rotatable bonds is 7. The number of nitrogens with zero attached hydrogens (tertiary/aromatic N) is 2. The van der Waals surface area contributed by atoms with Crippen molar-refractivity contribution in [2.24, 2.45) is 0 Å². The Morgan fingerprint density at radius 2 is 1.96 bits per heavy atom. The molecule has 0 aliphatic carbocycles. The number of nitrogens with one attached hydrogen (secondary N) is 1. The van der Waals surface area contributed by atoms with Gasteiger partial charge in [-0.25, -0.2) is 4.39 Å². The number of carbonyl (C=O) groups is 1. The van der Waals surface area contributed by atoms with Gasteiger partial charge in [0.2, 0.25) is 0 Å². The second-order valence-electron chi connectivity index (χ2n) is 5.58. The molecule has 0 spiro atoms. The summed E-state index contributed by atoms with van der Waals surface area (Å²) in [5, 5.41) is 7.60.